The van der Waals surface area contributed by atoms with E-state index in [-0.39, 0.29) is 6.10 Å². The zero-order valence-electron chi connectivity index (χ0n) is 11.1. The summed E-state index contributed by atoms with van der Waals surface area (Å²) in [5, 5.41) is 12.7. The third-order valence-electron chi connectivity index (χ3n) is 2.06. The van der Waals surface area contributed by atoms with Gasteiger partial charge in [-0.2, -0.15) is 0 Å². The molecule has 0 radical (unpaired) electrons. The molecule has 0 aliphatic rings. The van der Waals surface area contributed by atoms with Gasteiger partial charge in [0.15, 0.2) is 0 Å². The zero-order valence-corrected chi connectivity index (χ0v) is 11.1. The van der Waals surface area contributed by atoms with Gasteiger partial charge in [-0.05, 0) is 28.2 Å². The molecule has 0 amide bonds. The van der Waals surface area contributed by atoms with Gasteiger partial charge in [0.25, 0.3) is 0 Å². The molecule has 0 rings (SSSR count). The van der Waals surface area contributed by atoms with Gasteiger partial charge in [-0.3, -0.25) is 0 Å². The van der Waals surface area contributed by atoms with Gasteiger partial charge in [0.05, 0.1) is 19.3 Å². The first-order valence-electron chi connectivity index (χ1n) is 5.78. The van der Waals surface area contributed by atoms with E-state index in [4.69, 9.17) is 4.74 Å². The minimum absolute atomic E-state index is 0.309. The lowest BCUT2D eigenvalue weighted by molar-refractivity contribution is 0.108. The molecule has 0 bridgehead atoms. The smallest absolute Gasteiger partial charge is 0.0791 e. The Hall–Kier alpha value is -0.200. The Bertz CT molecular complexity index is 154. The topological polar surface area (TPSA) is 48.0 Å². The molecule has 0 aromatic heterocycles. The standard InChI is InChI=1S/C11H27N3O2/c1-13(2)6-8-16-7-5-12-9-11(15)10-14(3)4/h11-12,15H,5-10H2,1-4H3. The predicted molar refractivity (Wildman–Crippen MR) is 66.8 cm³/mol. The summed E-state index contributed by atoms with van der Waals surface area (Å²) in [5.41, 5.74) is 0. The van der Waals surface area contributed by atoms with Gasteiger partial charge in [-0.25, -0.2) is 0 Å². The normalized spacial score (nSPS) is 13.7. The summed E-state index contributed by atoms with van der Waals surface area (Å²) in [6, 6.07) is 0. The number of aliphatic hydroxyl groups is 1. The summed E-state index contributed by atoms with van der Waals surface area (Å²) in [6.45, 7) is 4.50. The fourth-order valence-electron chi connectivity index (χ4n) is 1.25. The molecule has 0 saturated carbocycles. The highest BCUT2D eigenvalue weighted by Crippen LogP contribution is 1.84. The van der Waals surface area contributed by atoms with Crippen LogP contribution in [0.15, 0.2) is 0 Å². The molecule has 5 nitrogen and oxygen atoms in total. The van der Waals surface area contributed by atoms with Gasteiger partial charge < -0.3 is 25.0 Å². The van der Waals surface area contributed by atoms with E-state index in [2.05, 4.69) is 10.2 Å². The molecule has 0 aromatic rings. The van der Waals surface area contributed by atoms with Crippen LogP contribution in [0.5, 0.6) is 0 Å². The van der Waals surface area contributed by atoms with Crippen LogP contribution in [0.3, 0.4) is 0 Å². The fraction of sp³-hybridized carbons (Fsp3) is 1.00. The van der Waals surface area contributed by atoms with Crippen LogP contribution in [0, 0.1) is 0 Å². The number of rotatable bonds is 10. The van der Waals surface area contributed by atoms with Crippen molar-refractivity contribution in [2.75, 3.05) is 67.6 Å². The van der Waals surface area contributed by atoms with E-state index in [1.807, 2.05) is 33.1 Å². The lowest BCUT2D eigenvalue weighted by atomic mass is 10.3. The van der Waals surface area contributed by atoms with Crippen LogP contribution in [-0.4, -0.2) is 88.6 Å². The summed E-state index contributed by atoms with van der Waals surface area (Å²) in [5.74, 6) is 0. The highest BCUT2D eigenvalue weighted by molar-refractivity contribution is 4.61. The largest absolute Gasteiger partial charge is 0.390 e. The third-order valence-corrected chi connectivity index (χ3v) is 2.06. The first-order valence-corrected chi connectivity index (χ1v) is 5.78. The van der Waals surface area contributed by atoms with Crippen molar-refractivity contribution in [3.63, 3.8) is 0 Å². The van der Waals surface area contributed by atoms with Crippen molar-refractivity contribution < 1.29 is 9.84 Å². The first-order chi connectivity index (χ1) is 7.52. The van der Waals surface area contributed by atoms with E-state index in [9.17, 15) is 5.11 Å². The molecule has 0 aliphatic heterocycles. The number of aliphatic hydroxyl groups excluding tert-OH is 1. The monoisotopic (exact) mass is 233 g/mol. The molecule has 0 spiro atoms. The second kappa shape index (κ2) is 9.99. The summed E-state index contributed by atoms with van der Waals surface area (Å²) in [6.07, 6.45) is -0.309. The quantitative estimate of drug-likeness (QED) is 0.478. The van der Waals surface area contributed by atoms with Crippen molar-refractivity contribution in [1.29, 1.82) is 0 Å². The van der Waals surface area contributed by atoms with Gasteiger partial charge in [0.1, 0.15) is 0 Å². The van der Waals surface area contributed by atoms with Crippen molar-refractivity contribution >= 4 is 0 Å². The molecule has 98 valence electrons. The Balaban J connectivity index is 3.14. The number of hydrogen-bond donors (Lipinski definition) is 2. The number of likely N-dealkylation sites (N-methyl/N-ethyl adjacent to an activating group) is 2. The lowest BCUT2D eigenvalue weighted by Gasteiger charge is -2.16. The number of ether oxygens (including phenoxy) is 1. The molecule has 0 aromatic carbocycles. The molecule has 0 fully saturated rings. The highest BCUT2D eigenvalue weighted by atomic mass is 16.5. The first kappa shape index (κ1) is 15.8. The molecule has 1 unspecified atom stereocenters. The summed E-state index contributed by atoms with van der Waals surface area (Å²) < 4.78 is 5.41. The van der Waals surface area contributed by atoms with E-state index in [0.29, 0.717) is 19.7 Å². The Morgan fingerprint density at radius 3 is 2.38 bits per heavy atom. The summed E-state index contributed by atoms with van der Waals surface area (Å²) in [4.78, 5) is 4.06. The molecule has 0 aliphatic carbocycles. The summed E-state index contributed by atoms with van der Waals surface area (Å²) in [7, 11) is 7.96. The average Bonchev–Trinajstić information content (AvgIpc) is 2.14. The minimum atomic E-state index is -0.309. The van der Waals surface area contributed by atoms with Crippen LogP contribution in [0.1, 0.15) is 0 Å². The number of nitrogens with one attached hydrogen (secondary N) is 1. The van der Waals surface area contributed by atoms with E-state index in [1.54, 1.807) is 0 Å². The van der Waals surface area contributed by atoms with Crippen LogP contribution in [0.25, 0.3) is 0 Å². The SMILES string of the molecule is CN(C)CCOCCNCC(O)CN(C)C. The molecule has 1 atom stereocenters. The molecular weight excluding hydrogens is 206 g/mol. The van der Waals surface area contributed by atoms with E-state index in [1.165, 1.54) is 0 Å². The van der Waals surface area contributed by atoms with Crippen molar-refractivity contribution in [2.45, 2.75) is 6.10 Å². The van der Waals surface area contributed by atoms with Crippen LogP contribution < -0.4 is 5.32 Å². The van der Waals surface area contributed by atoms with Gasteiger partial charge in [-0.1, -0.05) is 0 Å². The van der Waals surface area contributed by atoms with Crippen LogP contribution in [-0.2, 0) is 4.74 Å². The number of hydrogen-bond acceptors (Lipinski definition) is 5. The maximum atomic E-state index is 9.54. The summed E-state index contributed by atoms with van der Waals surface area (Å²) >= 11 is 0. The Kier molecular flexibility index (Phi) is 9.86. The van der Waals surface area contributed by atoms with Crippen LogP contribution >= 0.6 is 0 Å². The van der Waals surface area contributed by atoms with Gasteiger partial charge in [-0.15, -0.1) is 0 Å². The molecular formula is C11H27N3O2. The Morgan fingerprint density at radius 1 is 1.12 bits per heavy atom. The van der Waals surface area contributed by atoms with E-state index in [0.717, 1.165) is 19.7 Å². The molecule has 0 heterocycles. The fourth-order valence-corrected chi connectivity index (χ4v) is 1.25. The Morgan fingerprint density at radius 2 is 1.81 bits per heavy atom. The van der Waals surface area contributed by atoms with Crippen molar-refractivity contribution in [3.05, 3.63) is 0 Å². The maximum Gasteiger partial charge on any atom is 0.0791 e. The van der Waals surface area contributed by atoms with Crippen LogP contribution in [0.4, 0.5) is 0 Å². The van der Waals surface area contributed by atoms with Crippen molar-refractivity contribution in [1.82, 2.24) is 15.1 Å². The molecule has 2 N–H and O–H groups in total. The minimum Gasteiger partial charge on any atom is -0.390 e. The average molecular weight is 233 g/mol. The maximum absolute atomic E-state index is 9.54. The lowest BCUT2D eigenvalue weighted by Crippen LogP contribution is -2.36. The van der Waals surface area contributed by atoms with Crippen molar-refractivity contribution in [2.24, 2.45) is 0 Å². The van der Waals surface area contributed by atoms with Crippen molar-refractivity contribution in [3.8, 4) is 0 Å². The molecule has 5 heteroatoms. The van der Waals surface area contributed by atoms with E-state index >= 15 is 0 Å². The zero-order chi connectivity index (χ0) is 12.4. The second-order valence-corrected chi connectivity index (χ2v) is 4.54. The van der Waals surface area contributed by atoms with E-state index < -0.39 is 0 Å². The second-order valence-electron chi connectivity index (χ2n) is 4.54. The Labute approximate surface area is 99.4 Å². The number of nitrogens with zero attached hydrogens (tertiary/aromatic N) is 2. The van der Waals surface area contributed by atoms with Crippen LogP contribution in [0.2, 0.25) is 0 Å². The third kappa shape index (κ3) is 11.9. The molecule has 16 heavy (non-hydrogen) atoms. The molecule has 0 saturated heterocycles. The van der Waals surface area contributed by atoms with Gasteiger partial charge >= 0.3 is 0 Å². The highest BCUT2D eigenvalue weighted by Gasteiger charge is 2.03. The van der Waals surface area contributed by atoms with Gasteiger partial charge in [0.2, 0.25) is 0 Å². The van der Waals surface area contributed by atoms with Gasteiger partial charge in [0, 0.05) is 26.2 Å². The predicted octanol–water partition coefficient (Wildman–Crippen LogP) is -0.923.